The van der Waals surface area contributed by atoms with Gasteiger partial charge in [-0.25, -0.2) is 0 Å². The summed E-state index contributed by atoms with van der Waals surface area (Å²) >= 11 is 8.01. The number of nitrogens with zero attached hydrogens (tertiary/aromatic N) is 2. The average Bonchev–Trinajstić information content (AvgIpc) is 2.64. The van der Waals surface area contributed by atoms with E-state index in [-0.39, 0.29) is 5.69 Å². The predicted octanol–water partition coefficient (Wildman–Crippen LogP) is 2.80. The highest BCUT2D eigenvalue weighted by atomic mass is 79.9. The maximum absolute atomic E-state index is 10.7. The molecule has 0 bridgehead atoms. The van der Waals surface area contributed by atoms with Gasteiger partial charge in [-0.05, 0) is 18.3 Å². The van der Waals surface area contributed by atoms with Crippen LogP contribution in [0.2, 0.25) is 0 Å². The van der Waals surface area contributed by atoms with Crippen molar-refractivity contribution in [3.05, 3.63) is 37.6 Å². The Morgan fingerprint density at radius 1 is 1.38 bits per heavy atom. The predicted molar refractivity (Wildman–Crippen MR) is 63.6 cm³/mol. The molecule has 8 heteroatoms. The number of aromatic nitrogens is 3. The molecule has 0 fully saturated rings. The lowest BCUT2D eigenvalue weighted by Crippen LogP contribution is -1.89. The van der Waals surface area contributed by atoms with Crippen molar-refractivity contribution in [3.8, 4) is 11.4 Å². The van der Waals surface area contributed by atoms with Gasteiger partial charge in [-0.15, -0.1) is 0 Å². The Kier molecular flexibility index (Phi) is 2.84. The van der Waals surface area contributed by atoms with Crippen molar-refractivity contribution in [1.29, 1.82) is 0 Å². The number of nitro groups is 1. The van der Waals surface area contributed by atoms with Crippen LogP contribution in [0.4, 0.5) is 5.69 Å². The van der Waals surface area contributed by atoms with Crippen molar-refractivity contribution in [2.75, 3.05) is 0 Å². The monoisotopic (exact) mass is 300 g/mol. The first-order valence-corrected chi connectivity index (χ1v) is 5.36. The molecule has 2 N–H and O–H groups in total. The molecule has 0 spiro atoms. The van der Waals surface area contributed by atoms with Gasteiger partial charge in [0.25, 0.3) is 5.69 Å². The molecule has 16 heavy (non-hydrogen) atoms. The van der Waals surface area contributed by atoms with Crippen molar-refractivity contribution in [1.82, 2.24) is 15.2 Å². The number of rotatable bonds is 2. The zero-order chi connectivity index (χ0) is 11.7. The number of non-ortho nitro benzene ring substituents is 1. The van der Waals surface area contributed by atoms with E-state index in [1.807, 2.05) is 0 Å². The first-order valence-electron chi connectivity index (χ1n) is 4.16. The number of nitro benzene ring substituents is 1. The van der Waals surface area contributed by atoms with Crippen molar-refractivity contribution < 1.29 is 4.92 Å². The molecule has 0 radical (unpaired) electrons. The Bertz CT molecular complexity index is 606. The third kappa shape index (κ3) is 2.17. The van der Waals surface area contributed by atoms with Gasteiger partial charge in [0.1, 0.15) is 0 Å². The van der Waals surface area contributed by atoms with Crippen LogP contribution in [0.5, 0.6) is 0 Å². The summed E-state index contributed by atoms with van der Waals surface area (Å²) in [6, 6.07) is 4.56. The van der Waals surface area contributed by atoms with Gasteiger partial charge in [0.15, 0.2) is 5.82 Å². The van der Waals surface area contributed by atoms with Crippen molar-refractivity contribution in [3.63, 3.8) is 0 Å². The minimum absolute atomic E-state index is 0.00769. The SMILES string of the molecule is O=[N+]([O-])c1cc(Br)cc(-c2nc(=S)[nH][nH]2)c1. The van der Waals surface area contributed by atoms with E-state index < -0.39 is 4.92 Å². The molecule has 6 nitrogen and oxygen atoms in total. The van der Waals surface area contributed by atoms with Crippen LogP contribution in [0.25, 0.3) is 11.4 Å². The van der Waals surface area contributed by atoms with Crippen molar-refractivity contribution >= 4 is 33.8 Å². The van der Waals surface area contributed by atoms with Crippen LogP contribution in [0, 0.1) is 14.9 Å². The molecule has 2 rings (SSSR count). The van der Waals surface area contributed by atoms with E-state index in [2.05, 4.69) is 31.1 Å². The maximum Gasteiger partial charge on any atom is 0.271 e. The molecule has 0 aliphatic carbocycles. The zero-order valence-electron chi connectivity index (χ0n) is 7.73. The molecule has 0 unspecified atom stereocenters. The number of halogens is 1. The van der Waals surface area contributed by atoms with E-state index >= 15 is 0 Å². The topological polar surface area (TPSA) is 87.6 Å². The second-order valence-electron chi connectivity index (χ2n) is 2.97. The van der Waals surface area contributed by atoms with Gasteiger partial charge in [0, 0.05) is 22.2 Å². The van der Waals surface area contributed by atoms with E-state index in [0.29, 0.717) is 20.6 Å². The minimum Gasteiger partial charge on any atom is -0.282 e. The van der Waals surface area contributed by atoms with Crippen molar-refractivity contribution in [2.24, 2.45) is 0 Å². The van der Waals surface area contributed by atoms with Crippen molar-refractivity contribution in [2.45, 2.75) is 0 Å². The summed E-state index contributed by atoms with van der Waals surface area (Å²) in [5.41, 5.74) is 0.583. The molecule has 0 saturated heterocycles. The largest absolute Gasteiger partial charge is 0.282 e. The normalized spacial score (nSPS) is 10.3. The summed E-state index contributed by atoms with van der Waals surface area (Å²) in [6.07, 6.45) is 0. The van der Waals surface area contributed by atoms with Gasteiger partial charge < -0.3 is 0 Å². The molecule has 0 aliphatic heterocycles. The van der Waals surface area contributed by atoms with Crippen LogP contribution in [0.15, 0.2) is 22.7 Å². The quantitative estimate of drug-likeness (QED) is 0.507. The standard InChI is InChI=1S/C8H5BrN4O2S/c9-5-1-4(2-6(3-5)13(14)15)7-10-8(16)12-11-7/h1-3H,(H2,10,11,12,16). The lowest BCUT2D eigenvalue weighted by atomic mass is 10.2. The van der Waals surface area contributed by atoms with Gasteiger partial charge in [-0.2, -0.15) is 4.98 Å². The highest BCUT2D eigenvalue weighted by Crippen LogP contribution is 2.26. The summed E-state index contributed by atoms with van der Waals surface area (Å²) in [4.78, 5) is 14.2. The molecule has 0 saturated carbocycles. The van der Waals surface area contributed by atoms with Gasteiger partial charge in [-0.3, -0.25) is 20.3 Å². The highest BCUT2D eigenvalue weighted by Gasteiger charge is 2.11. The van der Waals surface area contributed by atoms with Crippen LogP contribution >= 0.6 is 28.1 Å². The van der Waals surface area contributed by atoms with E-state index in [9.17, 15) is 10.1 Å². The van der Waals surface area contributed by atoms with Gasteiger partial charge in [-0.1, -0.05) is 15.9 Å². The van der Waals surface area contributed by atoms with Gasteiger partial charge in [0.05, 0.1) is 4.92 Å². The Balaban J connectivity index is 2.57. The van der Waals surface area contributed by atoms with E-state index in [1.54, 1.807) is 6.07 Å². The molecule has 82 valence electrons. The van der Waals surface area contributed by atoms with Crippen LogP contribution in [-0.2, 0) is 0 Å². The molecule has 0 atom stereocenters. The first kappa shape index (κ1) is 11.0. The Hall–Kier alpha value is -1.54. The average molecular weight is 301 g/mol. The summed E-state index contributed by atoms with van der Waals surface area (Å²) in [5.74, 6) is 0.467. The maximum atomic E-state index is 10.7. The third-order valence-electron chi connectivity index (χ3n) is 1.87. The lowest BCUT2D eigenvalue weighted by molar-refractivity contribution is -0.384. The molecule has 1 aromatic heterocycles. The van der Waals surface area contributed by atoms with Gasteiger partial charge in [0.2, 0.25) is 4.77 Å². The second-order valence-corrected chi connectivity index (χ2v) is 4.27. The van der Waals surface area contributed by atoms with Crippen LogP contribution in [0.1, 0.15) is 0 Å². The summed E-state index contributed by atoms with van der Waals surface area (Å²) < 4.78 is 0.914. The fourth-order valence-corrected chi connectivity index (χ4v) is 1.85. The fourth-order valence-electron chi connectivity index (χ4n) is 1.22. The van der Waals surface area contributed by atoms with Crippen LogP contribution < -0.4 is 0 Å². The highest BCUT2D eigenvalue weighted by molar-refractivity contribution is 9.10. The molecule has 0 aliphatic rings. The Morgan fingerprint density at radius 3 is 2.69 bits per heavy atom. The van der Waals surface area contributed by atoms with Crippen LogP contribution in [0.3, 0.4) is 0 Å². The summed E-state index contributed by atoms with van der Waals surface area (Å²) in [6.45, 7) is 0. The Labute approximate surface area is 103 Å². The number of benzene rings is 1. The summed E-state index contributed by atoms with van der Waals surface area (Å²) in [5, 5.41) is 16.0. The molecule has 0 amide bonds. The number of hydrogen-bond acceptors (Lipinski definition) is 4. The molecule has 1 aromatic carbocycles. The second kappa shape index (κ2) is 4.14. The number of H-pyrrole nitrogens is 2. The number of nitrogens with one attached hydrogen (secondary N) is 2. The fraction of sp³-hybridized carbons (Fsp3) is 0. The van der Waals surface area contributed by atoms with Crippen LogP contribution in [-0.4, -0.2) is 20.1 Å². The molecular formula is C8H5BrN4O2S. The zero-order valence-corrected chi connectivity index (χ0v) is 10.1. The number of aromatic amines is 2. The lowest BCUT2D eigenvalue weighted by Gasteiger charge is -1.98. The Morgan fingerprint density at radius 2 is 2.12 bits per heavy atom. The van der Waals surface area contributed by atoms with E-state index in [4.69, 9.17) is 12.2 Å². The summed E-state index contributed by atoms with van der Waals surface area (Å²) in [7, 11) is 0. The third-order valence-corrected chi connectivity index (χ3v) is 2.52. The van der Waals surface area contributed by atoms with E-state index in [0.717, 1.165) is 0 Å². The smallest absolute Gasteiger partial charge is 0.271 e. The molecular weight excluding hydrogens is 296 g/mol. The molecule has 2 aromatic rings. The van der Waals surface area contributed by atoms with Gasteiger partial charge >= 0.3 is 0 Å². The van der Waals surface area contributed by atoms with E-state index in [1.165, 1.54) is 12.1 Å². The number of hydrogen-bond donors (Lipinski definition) is 2. The molecule has 1 heterocycles. The first-order chi connectivity index (χ1) is 7.56. The minimum atomic E-state index is -0.463.